The molecule has 0 radical (unpaired) electrons. The molecule has 2 heterocycles. The van der Waals surface area contributed by atoms with Crippen molar-refractivity contribution in [3.05, 3.63) is 60.3 Å². The van der Waals surface area contributed by atoms with Crippen LogP contribution in [0.5, 0.6) is 0 Å². The molecule has 3 rings (SSSR count). The highest BCUT2D eigenvalue weighted by Crippen LogP contribution is 2.28. The van der Waals surface area contributed by atoms with E-state index in [9.17, 15) is 9.59 Å². The minimum atomic E-state index is -0.337. The number of amides is 2. The van der Waals surface area contributed by atoms with Crippen LogP contribution < -0.4 is 5.32 Å². The summed E-state index contributed by atoms with van der Waals surface area (Å²) in [5.41, 5.74) is 1.08. The quantitative estimate of drug-likeness (QED) is 0.944. The van der Waals surface area contributed by atoms with Gasteiger partial charge in [-0.2, -0.15) is 0 Å². The first-order valence-electron chi connectivity index (χ1n) is 7.71. The topological polar surface area (TPSA) is 62.3 Å². The summed E-state index contributed by atoms with van der Waals surface area (Å²) in [6.07, 6.45) is 1.87. The number of hydrogen-bond donors (Lipinski definition) is 1. The third-order valence-corrected chi connectivity index (χ3v) is 4.19. The van der Waals surface area contributed by atoms with Crippen LogP contribution in [-0.2, 0) is 9.59 Å². The summed E-state index contributed by atoms with van der Waals surface area (Å²) >= 11 is 0. The molecule has 1 fully saturated rings. The van der Waals surface area contributed by atoms with E-state index >= 15 is 0 Å². The van der Waals surface area contributed by atoms with Gasteiger partial charge in [0.15, 0.2) is 0 Å². The van der Waals surface area contributed by atoms with E-state index in [2.05, 4.69) is 10.3 Å². The van der Waals surface area contributed by atoms with Crippen LogP contribution in [0.15, 0.2) is 54.7 Å². The zero-order chi connectivity index (χ0) is 16.2. The lowest BCUT2D eigenvalue weighted by molar-refractivity contribution is -0.129. The predicted octanol–water partition coefficient (Wildman–Crippen LogP) is 2.63. The summed E-state index contributed by atoms with van der Waals surface area (Å²) in [6.45, 7) is 2.43. The largest absolute Gasteiger partial charge is 0.335 e. The number of likely N-dealkylation sites (tertiary alicyclic amines) is 1. The van der Waals surface area contributed by atoms with Crippen molar-refractivity contribution in [2.45, 2.75) is 19.4 Å². The summed E-state index contributed by atoms with van der Waals surface area (Å²) in [5.74, 6) is 0.0394. The van der Waals surface area contributed by atoms with E-state index in [0.717, 1.165) is 5.56 Å². The molecule has 0 bridgehead atoms. The molecule has 0 saturated carbocycles. The van der Waals surface area contributed by atoms with E-state index in [-0.39, 0.29) is 30.2 Å². The highest BCUT2D eigenvalue weighted by Gasteiger charge is 2.37. The lowest BCUT2D eigenvalue weighted by Crippen LogP contribution is -2.30. The Balaban J connectivity index is 1.66. The molecular formula is C18H19N3O2. The van der Waals surface area contributed by atoms with Gasteiger partial charge < -0.3 is 10.2 Å². The predicted molar refractivity (Wildman–Crippen MR) is 87.5 cm³/mol. The fourth-order valence-corrected chi connectivity index (χ4v) is 2.86. The minimum Gasteiger partial charge on any atom is -0.335 e. The van der Waals surface area contributed by atoms with Crippen LogP contribution in [0.1, 0.15) is 24.9 Å². The van der Waals surface area contributed by atoms with Crippen molar-refractivity contribution in [1.29, 1.82) is 0 Å². The van der Waals surface area contributed by atoms with Gasteiger partial charge in [-0.3, -0.25) is 9.59 Å². The average molecular weight is 309 g/mol. The molecule has 0 aliphatic carbocycles. The number of nitrogens with one attached hydrogen (secondary N) is 1. The third kappa shape index (κ3) is 3.39. The molecule has 0 spiro atoms. The van der Waals surface area contributed by atoms with Gasteiger partial charge in [0, 0.05) is 19.2 Å². The van der Waals surface area contributed by atoms with Gasteiger partial charge in [-0.05, 0) is 24.6 Å². The second kappa shape index (κ2) is 6.60. The SMILES string of the molecule is C[C@@H](c1ccccc1)N1C[C@@H](C(=O)Nc2ccccn2)CC1=O. The van der Waals surface area contributed by atoms with Gasteiger partial charge in [0.2, 0.25) is 11.8 Å². The summed E-state index contributed by atoms with van der Waals surface area (Å²) in [7, 11) is 0. The molecule has 1 aliphatic heterocycles. The monoisotopic (exact) mass is 309 g/mol. The number of pyridine rings is 1. The van der Waals surface area contributed by atoms with E-state index < -0.39 is 0 Å². The molecule has 118 valence electrons. The smallest absolute Gasteiger partial charge is 0.230 e. The van der Waals surface area contributed by atoms with Gasteiger partial charge in [-0.25, -0.2) is 4.98 Å². The van der Waals surface area contributed by atoms with E-state index in [0.29, 0.717) is 12.4 Å². The van der Waals surface area contributed by atoms with Gasteiger partial charge >= 0.3 is 0 Å². The van der Waals surface area contributed by atoms with Crippen molar-refractivity contribution in [3.63, 3.8) is 0 Å². The molecule has 2 atom stereocenters. The van der Waals surface area contributed by atoms with Crippen molar-refractivity contribution >= 4 is 17.6 Å². The van der Waals surface area contributed by atoms with Gasteiger partial charge in [-0.15, -0.1) is 0 Å². The number of benzene rings is 1. The van der Waals surface area contributed by atoms with Gasteiger partial charge in [-0.1, -0.05) is 36.4 Å². The third-order valence-electron chi connectivity index (χ3n) is 4.19. The molecule has 2 aromatic rings. The number of aromatic nitrogens is 1. The number of rotatable bonds is 4. The summed E-state index contributed by atoms with van der Waals surface area (Å²) in [5, 5.41) is 2.77. The van der Waals surface area contributed by atoms with Crippen LogP contribution in [0.2, 0.25) is 0 Å². The first-order chi connectivity index (χ1) is 11.1. The lowest BCUT2D eigenvalue weighted by Gasteiger charge is -2.25. The first-order valence-corrected chi connectivity index (χ1v) is 7.71. The van der Waals surface area contributed by atoms with Gasteiger partial charge in [0.25, 0.3) is 0 Å². The van der Waals surface area contributed by atoms with E-state index in [1.807, 2.05) is 43.3 Å². The van der Waals surface area contributed by atoms with Crippen LogP contribution in [0.4, 0.5) is 5.82 Å². The zero-order valence-corrected chi connectivity index (χ0v) is 13.0. The van der Waals surface area contributed by atoms with Gasteiger partial charge in [0.1, 0.15) is 5.82 Å². The zero-order valence-electron chi connectivity index (χ0n) is 13.0. The molecule has 0 unspecified atom stereocenters. The van der Waals surface area contributed by atoms with E-state index in [1.165, 1.54) is 0 Å². The van der Waals surface area contributed by atoms with Gasteiger partial charge in [0.05, 0.1) is 12.0 Å². The lowest BCUT2D eigenvalue weighted by atomic mass is 10.1. The van der Waals surface area contributed by atoms with Crippen molar-refractivity contribution < 1.29 is 9.59 Å². The Kier molecular flexibility index (Phi) is 4.37. The number of anilines is 1. The molecule has 1 saturated heterocycles. The Hall–Kier alpha value is -2.69. The Labute approximate surface area is 135 Å². The maximum absolute atomic E-state index is 12.3. The van der Waals surface area contributed by atoms with Crippen molar-refractivity contribution in [2.24, 2.45) is 5.92 Å². The van der Waals surface area contributed by atoms with Crippen molar-refractivity contribution in [3.8, 4) is 0 Å². The highest BCUT2D eigenvalue weighted by molar-refractivity contribution is 5.96. The second-order valence-electron chi connectivity index (χ2n) is 5.74. The molecule has 5 heteroatoms. The minimum absolute atomic E-state index is 0.0162. The number of hydrogen-bond acceptors (Lipinski definition) is 3. The van der Waals surface area contributed by atoms with Crippen molar-refractivity contribution in [2.75, 3.05) is 11.9 Å². The fourth-order valence-electron chi connectivity index (χ4n) is 2.86. The standard InChI is InChI=1S/C18H19N3O2/c1-13(14-7-3-2-4-8-14)21-12-15(11-17(21)22)18(23)20-16-9-5-6-10-19-16/h2-10,13,15H,11-12H2,1H3,(H,19,20,23)/t13-,15-/m0/s1. The first kappa shape index (κ1) is 15.2. The van der Waals surface area contributed by atoms with Crippen molar-refractivity contribution in [1.82, 2.24) is 9.88 Å². The Morgan fingerprint density at radius 2 is 1.96 bits per heavy atom. The second-order valence-corrected chi connectivity index (χ2v) is 5.74. The normalized spacial score (nSPS) is 18.7. The van der Waals surface area contributed by atoms with Crippen LogP contribution in [0.25, 0.3) is 0 Å². The molecule has 2 amide bonds. The van der Waals surface area contributed by atoms with Crippen LogP contribution in [-0.4, -0.2) is 28.2 Å². The maximum Gasteiger partial charge on any atom is 0.230 e. The number of carbonyl (C=O) groups excluding carboxylic acids is 2. The molecular weight excluding hydrogens is 290 g/mol. The molecule has 1 aromatic heterocycles. The summed E-state index contributed by atoms with van der Waals surface area (Å²) in [4.78, 5) is 30.5. The fraction of sp³-hybridized carbons (Fsp3) is 0.278. The molecule has 23 heavy (non-hydrogen) atoms. The average Bonchev–Trinajstić information content (AvgIpc) is 2.98. The van der Waals surface area contributed by atoms with Crippen LogP contribution in [0, 0.1) is 5.92 Å². The van der Waals surface area contributed by atoms with Crippen LogP contribution >= 0.6 is 0 Å². The van der Waals surface area contributed by atoms with E-state index in [4.69, 9.17) is 0 Å². The molecule has 1 aliphatic rings. The highest BCUT2D eigenvalue weighted by atomic mass is 16.2. The molecule has 1 N–H and O–H groups in total. The molecule has 5 nitrogen and oxygen atoms in total. The number of nitrogens with zero attached hydrogens (tertiary/aromatic N) is 2. The Morgan fingerprint density at radius 1 is 1.22 bits per heavy atom. The summed E-state index contributed by atoms with van der Waals surface area (Å²) in [6, 6.07) is 15.2. The maximum atomic E-state index is 12.3. The Bertz CT molecular complexity index is 688. The molecule has 1 aromatic carbocycles. The Morgan fingerprint density at radius 3 is 2.65 bits per heavy atom. The summed E-state index contributed by atoms with van der Waals surface area (Å²) < 4.78 is 0. The van der Waals surface area contributed by atoms with E-state index in [1.54, 1.807) is 23.2 Å². The van der Waals surface area contributed by atoms with Crippen LogP contribution in [0.3, 0.4) is 0 Å². The number of carbonyl (C=O) groups is 2.